The number of ether oxygens (including phenoxy) is 1. The molecular weight excluding hydrogens is 316 g/mol. The summed E-state index contributed by atoms with van der Waals surface area (Å²) in [6.45, 7) is 0. The average molecular weight is 332 g/mol. The van der Waals surface area contributed by atoms with E-state index in [2.05, 4.69) is 0 Å². The molecule has 0 radical (unpaired) electrons. The quantitative estimate of drug-likeness (QED) is 0.521. The minimum atomic E-state index is -0.141. The standard InChI is InChI=1S/C21H16O4/c22-17-9-13-21(20(24)14-17)25-18-10-6-15(7-11-18)8-12-19(23)16-4-2-1-3-5-16/h1-14,22,24H/b12-8+. The number of ketones is 1. The van der Waals surface area contributed by atoms with Gasteiger partial charge in [0.2, 0.25) is 0 Å². The van der Waals surface area contributed by atoms with Crippen molar-refractivity contribution in [3.05, 3.63) is 90.0 Å². The number of phenolic OH excluding ortho intramolecular Hbond substituents is 2. The summed E-state index contributed by atoms with van der Waals surface area (Å²) in [5.74, 6) is 0.550. The Morgan fingerprint density at radius 1 is 0.880 bits per heavy atom. The molecule has 4 nitrogen and oxygen atoms in total. The molecule has 0 saturated heterocycles. The maximum absolute atomic E-state index is 12.0. The smallest absolute Gasteiger partial charge is 0.185 e. The molecule has 0 heterocycles. The van der Waals surface area contributed by atoms with E-state index in [-0.39, 0.29) is 23.0 Å². The minimum Gasteiger partial charge on any atom is -0.508 e. The van der Waals surface area contributed by atoms with E-state index < -0.39 is 0 Å². The molecule has 0 aromatic heterocycles. The monoisotopic (exact) mass is 332 g/mol. The second-order valence-electron chi connectivity index (χ2n) is 5.39. The third kappa shape index (κ3) is 4.26. The largest absolute Gasteiger partial charge is 0.508 e. The molecular formula is C21H16O4. The summed E-state index contributed by atoms with van der Waals surface area (Å²) in [5, 5.41) is 19.0. The molecule has 124 valence electrons. The van der Waals surface area contributed by atoms with Crippen molar-refractivity contribution in [3.8, 4) is 23.0 Å². The highest BCUT2D eigenvalue weighted by Crippen LogP contribution is 2.33. The average Bonchev–Trinajstić information content (AvgIpc) is 2.64. The molecule has 0 unspecified atom stereocenters. The fourth-order valence-electron chi connectivity index (χ4n) is 2.24. The zero-order chi connectivity index (χ0) is 17.6. The van der Waals surface area contributed by atoms with Gasteiger partial charge in [0.15, 0.2) is 17.3 Å². The summed E-state index contributed by atoms with van der Waals surface area (Å²) in [6.07, 6.45) is 3.26. The van der Waals surface area contributed by atoms with Crippen LogP contribution in [0.3, 0.4) is 0 Å². The third-order valence-corrected chi connectivity index (χ3v) is 3.54. The molecule has 4 heteroatoms. The maximum atomic E-state index is 12.0. The predicted octanol–water partition coefficient (Wildman–Crippen LogP) is 4.79. The summed E-state index contributed by atoms with van der Waals surface area (Å²) >= 11 is 0. The zero-order valence-electron chi connectivity index (χ0n) is 13.3. The first kappa shape index (κ1) is 16.3. The van der Waals surface area contributed by atoms with Gasteiger partial charge in [-0.2, -0.15) is 0 Å². The van der Waals surface area contributed by atoms with Gasteiger partial charge in [0.25, 0.3) is 0 Å². The Morgan fingerprint density at radius 3 is 2.28 bits per heavy atom. The van der Waals surface area contributed by atoms with Crippen molar-refractivity contribution in [1.82, 2.24) is 0 Å². The van der Waals surface area contributed by atoms with Gasteiger partial charge in [0, 0.05) is 11.6 Å². The number of allylic oxidation sites excluding steroid dienone is 1. The van der Waals surface area contributed by atoms with E-state index in [9.17, 15) is 15.0 Å². The van der Waals surface area contributed by atoms with Gasteiger partial charge in [-0.25, -0.2) is 0 Å². The Morgan fingerprint density at radius 2 is 1.60 bits per heavy atom. The van der Waals surface area contributed by atoms with Gasteiger partial charge in [-0.3, -0.25) is 4.79 Å². The van der Waals surface area contributed by atoms with Crippen LogP contribution < -0.4 is 4.74 Å². The molecule has 2 N–H and O–H groups in total. The number of aromatic hydroxyl groups is 2. The second kappa shape index (κ2) is 7.36. The predicted molar refractivity (Wildman–Crippen MR) is 96.1 cm³/mol. The molecule has 3 rings (SSSR count). The van der Waals surface area contributed by atoms with Gasteiger partial charge < -0.3 is 14.9 Å². The lowest BCUT2D eigenvalue weighted by Crippen LogP contribution is -1.92. The van der Waals surface area contributed by atoms with Crippen molar-refractivity contribution in [2.24, 2.45) is 0 Å². The van der Waals surface area contributed by atoms with Crippen molar-refractivity contribution in [2.45, 2.75) is 0 Å². The molecule has 25 heavy (non-hydrogen) atoms. The van der Waals surface area contributed by atoms with Crippen LogP contribution in [-0.2, 0) is 0 Å². The van der Waals surface area contributed by atoms with Crippen LogP contribution in [0.5, 0.6) is 23.0 Å². The highest BCUT2D eigenvalue weighted by atomic mass is 16.5. The molecule has 0 fully saturated rings. The van der Waals surface area contributed by atoms with E-state index in [1.807, 2.05) is 30.3 Å². The fraction of sp³-hybridized carbons (Fsp3) is 0. The van der Waals surface area contributed by atoms with Gasteiger partial charge >= 0.3 is 0 Å². The Balaban J connectivity index is 1.68. The summed E-state index contributed by atoms with van der Waals surface area (Å²) in [6, 6.07) is 20.3. The van der Waals surface area contributed by atoms with Gasteiger partial charge in [0.05, 0.1) is 0 Å². The second-order valence-corrected chi connectivity index (χ2v) is 5.39. The van der Waals surface area contributed by atoms with Crippen molar-refractivity contribution in [1.29, 1.82) is 0 Å². The molecule has 0 aliphatic heterocycles. The lowest BCUT2D eigenvalue weighted by molar-refractivity contribution is 0.104. The Labute approximate surface area is 145 Å². The van der Waals surface area contributed by atoms with Gasteiger partial charge in [-0.1, -0.05) is 48.5 Å². The van der Waals surface area contributed by atoms with Crippen LogP contribution >= 0.6 is 0 Å². The van der Waals surface area contributed by atoms with E-state index in [0.29, 0.717) is 11.3 Å². The van der Waals surface area contributed by atoms with Crippen LogP contribution in [0, 0.1) is 0 Å². The van der Waals surface area contributed by atoms with Crippen molar-refractivity contribution >= 4 is 11.9 Å². The van der Waals surface area contributed by atoms with Crippen molar-refractivity contribution in [3.63, 3.8) is 0 Å². The van der Waals surface area contributed by atoms with Crippen LogP contribution in [0.1, 0.15) is 15.9 Å². The lowest BCUT2D eigenvalue weighted by Gasteiger charge is -2.08. The number of carbonyl (C=O) groups excluding carboxylic acids is 1. The van der Waals surface area contributed by atoms with Crippen LogP contribution in [0.15, 0.2) is 78.9 Å². The van der Waals surface area contributed by atoms with Crippen LogP contribution in [0.4, 0.5) is 0 Å². The molecule has 0 saturated carbocycles. The van der Waals surface area contributed by atoms with Crippen LogP contribution in [0.25, 0.3) is 6.08 Å². The highest BCUT2D eigenvalue weighted by molar-refractivity contribution is 6.06. The first-order chi connectivity index (χ1) is 12.1. The van der Waals surface area contributed by atoms with E-state index in [0.717, 1.165) is 5.56 Å². The Kier molecular flexibility index (Phi) is 4.81. The summed E-state index contributed by atoms with van der Waals surface area (Å²) in [7, 11) is 0. The number of hydrogen-bond donors (Lipinski definition) is 2. The van der Waals surface area contributed by atoms with Crippen LogP contribution in [0.2, 0.25) is 0 Å². The first-order valence-corrected chi connectivity index (χ1v) is 7.69. The summed E-state index contributed by atoms with van der Waals surface area (Å²) < 4.78 is 5.56. The maximum Gasteiger partial charge on any atom is 0.185 e. The Bertz CT molecular complexity index is 897. The number of rotatable bonds is 5. The zero-order valence-corrected chi connectivity index (χ0v) is 13.3. The number of phenols is 2. The molecule has 0 bridgehead atoms. The van der Waals surface area contributed by atoms with Crippen LogP contribution in [-0.4, -0.2) is 16.0 Å². The first-order valence-electron chi connectivity index (χ1n) is 7.69. The highest BCUT2D eigenvalue weighted by Gasteiger charge is 2.05. The summed E-state index contributed by atoms with van der Waals surface area (Å²) in [5.41, 5.74) is 1.49. The van der Waals surface area contributed by atoms with E-state index in [4.69, 9.17) is 4.74 Å². The molecule has 0 amide bonds. The van der Waals surface area contributed by atoms with Gasteiger partial charge in [0.1, 0.15) is 11.5 Å². The molecule has 3 aromatic rings. The van der Waals surface area contributed by atoms with Gasteiger partial charge in [-0.05, 0) is 35.9 Å². The van der Waals surface area contributed by atoms with E-state index in [1.54, 1.807) is 30.3 Å². The van der Waals surface area contributed by atoms with E-state index in [1.165, 1.54) is 24.3 Å². The third-order valence-electron chi connectivity index (χ3n) is 3.54. The van der Waals surface area contributed by atoms with Crippen molar-refractivity contribution < 1.29 is 19.7 Å². The molecule has 0 atom stereocenters. The van der Waals surface area contributed by atoms with Crippen molar-refractivity contribution in [2.75, 3.05) is 0 Å². The molecule has 0 aliphatic carbocycles. The molecule has 0 aliphatic rings. The number of carbonyl (C=O) groups is 1. The molecule has 3 aromatic carbocycles. The number of hydrogen-bond acceptors (Lipinski definition) is 4. The molecule has 0 spiro atoms. The summed E-state index contributed by atoms with van der Waals surface area (Å²) in [4.78, 5) is 12.0. The topological polar surface area (TPSA) is 66.8 Å². The normalized spacial score (nSPS) is 10.7. The number of benzene rings is 3. The lowest BCUT2D eigenvalue weighted by atomic mass is 10.1. The fourth-order valence-corrected chi connectivity index (χ4v) is 2.24. The Hall–Kier alpha value is -3.53. The van der Waals surface area contributed by atoms with E-state index >= 15 is 0 Å². The minimum absolute atomic E-state index is 0.0339. The van der Waals surface area contributed by atoms with Gasteiger partial charge in [-0.15, -0.1) is 0 Å². The SMILES string of the molecule is O=C(/C=C/c1ccc(Oc2ccc(O)cc2O)cc1)c1ccccc1.